The van der Waals surface area contributed by atoms with E-state index >= 15 is 0 Å². The molecule has 0 aromatic heterocycles. The van der Waals surface area contributed by atoms with Gasteiger partial charge in [0, 0.05) is 17.8 Å². The first-order valence-electron chi connectivity index (χ1n) is 5.72. The molecule has 0 saturated carbocycles. The van der Waals surface area contributed by atoms with Gasteiger partial charge in [0.1, 0.15) is 12.9 Å². The molecular weight excluding hydrogens is 218 g/mol. The molecule has 90 valence electrons. The fourth-order valence-corrected chi connectivity index (χ4v) is 1.97. The van der Waals surface area contributed by atoms with Crippen molar-refractivity contribution >= 4 is 17.9 Å². The highest BCUT2D eigenvalue weighted by Crippen LogP contribution is 2.20. The van der Waals surface area contributed by atoms with Crippen LogP contribution < -0.4 is 4.90 Å². The van der Waals surface area contributed by atoms with E-state index in [0.29, 0.717) is 18.7 Å². The molecule has 1 amide bonds. The number of carbonyl (C=O) groups excluding carboxylic acids is 2. The Kier molecular flexibility index (Phi) is 3.54. The second-order valence-electron chi connectivity index (χ2n) is 3.95. The zero-order valence-electron chi connectivity index (χ0n) is 9.81. The molecule has 0 unspecified atom stereocenters. The third kappa shape index (κ3) is 2.36. The summed E-state index contributed by atoms with van der Waals surface area (Å²) in [7, 11) is 0. The molecule has 0 bridgehead atoms. The molecule has 0 atom stereocenters. The largest absolute Gasteiger partial charge is 0.370 e. The predicted octanol–water partition coefficient (Wildman–Crippen LogP) is 1.42. The van der Waals surface area contributed by atoms with Gasteiger partial charge in [-0.25, -0.2) is 0 Å². The van der Waals surface area contributed by atoms with Crippen LogP contribution in [0.4, 0.5) is 5.69 Å². The Hall–Kier alpha value is -1.68. The highest BCUT2D eigenvalue weighted by Gasteiger charge is 2.20. The van der Waals surface area contributed by atoms with E-state index in [1.165, 1.54) is 0 Å². The van der Waals surface area contributed by atoms with Gasteiger partial charge in [0.2, 0.25) is 0 Å². The minimum Gasteiger partial charge on any atom is -0.370 e. The van der Waals surface area contributed by atoms with Gasteiger partial charge >= 0.3 is 0 Å². The molecule has 0 aliphatic carbocycles. The zero-order chi connectivity index (χ0) is 12.3. The first kappa shape index (κ1) is 11.8. The third-order valence-electron chi connectivity index (χ3n) is 2.93. The van der Waals surface area contributed by atoms with Crippen LogP contribution in [-0.2, 0) is 16.0 Å². The number of aldehydes is 1. The lowest BCUT2D eigenvalue weighted by Crippen LogP contribution is -2.41. The number of nitrogens with zero attached hydrogens (tertiary/aromatic N) is 1. The molecule has 1 aromatic rings. The lowest BCUT2D eigenvalue weighted by molar-refractivity contribution is -0.125. The highest BCUT2D eigenvalue weighted by atomic mass is 16.5. The molecule has 0 spiro atoms. The van der Waals surface area contributed by atoms with Crippen LogP contribution in [0, 0.1) is 0 Å². The van der Waals surface area contributed by atoms with E-state index in [1.54, 1.807) is 11.0 Å². The minimum absolute atomic E-state index is 0.0304. The smallest absolute Gasteiger partial charge is 0.253 e. The molecule has 0 radical (unpaired) electrons. The van der Waals surface area contributed by atoms with Gasteiger partial charge in [-0.3, -0.25) is 9.59 Å². The van der Waals surface area contributed by atoms with Crippen molar-refractivity contribution in [2.75, 3.05) is 24.7 Å². The maximum Gasteiger partial charge on any atom is 0.253 e. The Balaban J connectivity index is 2.32. The Morgan fingerprint density at radius 3 is 2.94 bits per heavy atom. The van der Waals surface area contributed by atoms with Gasteiger partial charge in [0.05, 0.1) is 6.61 Å². The van der Waals surface area contributed by atoms with E-state index in [1.807, 2.05) is 19.1 Å². The van der Waals surface area contributed by atoms with Crippen molar-refractivity contribution in [1.82, 2.24) is 0 Å². The molecule has 1 aliphatic heterocycles. The number of rotatable bonds is 3. The summed E-state index contributed by atoms with van der Waals surface area (Å²) in [6.45, 7) is 3.26. The monoisotopic (exact) mass is 233 g/mol. The Labute approximate surface area is 100 Å². The van der Waals surface area contributed by atoms with Gasteiger partial charge in [-0.15, -0.1) is 0 Å². The van der Waals surface area contributed by atoms with Crippen molar-refractivity contribution < 1.29 is 14.3 Å². The van der Waals surface area contributed by atoms with Gasteiger partial charge in [0.15, 0.2) is 0 Å². The standard InChI is InChI=1S/C13H15NO3/c1-2-10-7-12(4-3-11(10)8-15)14-5-6-17-9-13(14)16/h3-4,7-8H,2,5-6,9H2,1H3. The highest BCUT2D eigenvalue weighted by molar-refractivity contribution is 5.95. The lowest BCUT2D eigenvalue weighted by atomic mass is 10.0. The molecule has 1 heterocycles. The molecule has 1 aromatic carbocycles. The summed E-state index contributed by atoms with van der Waals surface area (Å²) in [6.07, 6.45) is 1.63. The van der Waals surface area contributed by atoms with Crippen LogP contribution in [0.1, 0.15) is 22.8 Å². The number of benzene rings is 1. The SMILES string of the molecule is CCc1cc(N2CCOCC2=O)ccc1C=O. The molecular formula is C13H15NO3. The van der Waals surface area contributed by atoms with E-state index in [0.717, 1.165) is 24.0 Å². The number of amides is 1. The Morgan fingerprint density at radius 1 is 1.47 bits per heavy atom. The van der Waals surface area contributed by atoms with Crippen molar-refractivity contribution in [2.24, 2.45) is 0 Å². The van der Waals surface area contributed by atoms with Gasteiger partial charge in [-0.2, -0.15) is 0 Å². The van der Waals surface area contributed by atoms with Crippen LogP contribution in [0.5, 0.6) is 0 Å². The van der Waals surface area contributed by atoms with Gasteiger partial charge in [-0.05, 0) is 30.2 Å². The average molecular weight is 233 g/mol. The number of anilines is 1. The number of hydrogen-bond donors (Lipinski definition) is 0. The minimum atomic E-state index is -0.0304. The fraction of sp³-hybridized carbons (Fsp3) is 0.385. The van der Waals surface area contributed by atoms with E-state index < -0.39 is 0 Å². The normalized spacial score (nSPS) is 16.1. The lowest BCUT2D eigenvalue weighted by Gasteiger charge is -2.27. The maximum absolute atomic E-state index is 11.7. The quantitative estimate of drug-likeness (QED) is 0.742. The topological polar surface area (TPSA) is 46.6 Å². The van der Waals surface area contributed by atoms with Crippen molar-refractivity contribution in [3.63, 3.8) is 0 Å². The third-order valence-corrected chi connectivity index (χ3v) is 2.93. The summed E-state index contributed by atoms with van der Waals surface area (Å²) >= 11 is 0. The number of hydrogen-bond acceptors (Lipinski definition) is 3. The van der Waals surface area contributed by atoms with Gasteiger partial charge in [0.25, 0.3) is 5.91 Å². The molecule has 4 nitrogen and oxygen atoms in total. The van der Waals surface area contributed by atoms with Crippen LogP contribution >= 0.6 is 0 Å². The summed E-state index contributed by atoms with van der Waals surface area (Å²) < 4.78 is 5.09. The van der Waals surface area contributed by atoms with Crippen molar-refractivity contribution in [1.29, 1.82) is 0 Å². The first-order valence-corrected chi connectivity index (χ1v) is 5.72. The summed E-state index contributed by atoms with van der Waals surface area (Å²) in [5, 5.41) is 0. The molecule has 2 rings (SSSR count). The second-order valence-corrected chi connectivity index (χ2v) is 3.95. The van der Waals surface area contributed by atoms with Crippen molar-refractivity contribution in [2.45, 2.75) is 13.3 Å². The molecule has 4 heteroatoms. The number of morpholine rings is 1. The molecule has 1 fully saturated rings. The van der Waals surface area contributed by atoms with Crippen molar-refractivity contribution in [3.05, 3.63) is 29.3 Å². The Morgan fingerprint density at radius 2 is 2.29 bits per heavy atom. The average Bonchev–Trinajstić information content (AvgIpc) is 2.38. The van der Waals surface area contributed by atoms with Gasteiger partial charge < -0.3 is 9.64 Å². The maximum atomic E-state index is 11.7. The number of aryl methyl sites for hydroxylation is 1. The summed E-state index contributed by atoms with van der Waals surface area (Å²) in [6, 6.07) is 5.49. The zero-order valence-corrected chi connectivity index (χ0v) is 9.81. The Bertz CT molecular complexity index is 442. The second kappa shape index (κ2) is 5.10. The van der Waals surface area contributed by atoms with E-state index in [9.17, 15) is 9.59 Å². The van der Waals surface area contributed by atoms with E-state index in [-0.39, 0.29) is 12.5 Å². The summed E-state index contributed by atoms with van der Waals surface area (Å²) in [4.78, 5) is 24.2. The van der Waals surface area contributed by atoms with Crippen LogP contribution in [0.2, 0.25) is 0 Å². The number of carbonyl (C=O) groups is 2. The van der Waals surface area contributed by atoms with E-state index in [4.69, 9.17) is 4.74 Å². The van der Waals surface area contributed by atoms with Crippen LogP contribution in [0.3, 0.4) is 0 Å². The van der Waals surface area contributed by atoms with Crippen molar-refractivity contribution in [3.8, 4) is 0 Å². The van der Waals surface area contributed by atoms with Crippen LogP contribution in [-0.4, -0.2) is 32.0 Å². The molecule has 0 N–H and O–H groups in total. The molecule has 17 heavy (non-hydrogen) atoms. The summed E-state index contributed by atoms with van der Waals surface area (Å²) in [5.41, 5.74) is 2.51. The fourth-order valence-electron chi connectivity index (χ4n) is 1.97. The number of ether oxygens (including phenoxy) is 1. The molecule has 1 aliphatic rings. The van der Waals surface area contributed by atoms with Crippen LogP contribution in [0.15, 0.2) is 18.2 Å². The van der Waals surface area contributed by atoms with Crippen LogP contribution in [0.25, 0.3) is 0 Å². The predicted molar refractivity (Wildman–Crippen MR) is 64.4 cm³/mol. The molecule has 1 saturated heterocycles. The summed E-state index contributed by atoms with van der Waals surface area (Å²) in [5.74, 6) is -0.0304. The first-order chi connectivity index (χ1) is 8.26. The van der Waals surface area contributed by atoms with Gasteiger partial charge in [-0.1, -0.05) is 6.92 Å². The van der Waals surface area contributed by atoms with E-state index in [2.05, 4.69) is 0 Å².